The van der Waals surface area contributed by atoms with Crippen molar-refractivity contribution >= 4 is 27.3 Å². The Morgan fingerprint density at radius 2 is 2.06 bits per heavy atom. The van der Waals surface area contributed by atoms with E-state index in [1.54, 1.807) is 0 Å². The van der Waals surface area contributed by atoms with E-state index in [-0.39, 0.29) is 0 Å². The van der Waals surface area contributed by atoms with Gasteiger partial charge in [0.2, 0.25) is 0 Å². The molecule has 1 aliphatic rings. The molecule has 0 radical (unpaired) electrons. The van der Waals surface area contributed by atoms with Crippen LogP contribution < -0.4 is 5.32 Å². The molecular formula is C14H23BrN2S. The molecular weight excluding hydrogens is 308 g/mol. The highest BCUT2D eigenvalue weighted by Gasteiger charge is 2.26. The topological polar surface area (TPSA) is 15.3 Å². The van der Waals surface area contributed by atoms with Gasteiger partial charge in [-0.2, -0.15) is 0 Å². The minimum absolute atomic E-state index is 0.323. The first-order valence-corrected chi connectivity index (χ1v) is 8.34. The van der Waals surface area contributed by atoms with Gasteiger partial charge in [-0.05, 0) is 55.6 Å². The number of thiophene rings is 1. The zero-order valence-corrected chi connectivity index (χ0v) is 13.9. The molecule has 0 atom stereocenters. The molecule has 2 rings (SSSR count). The van der Waals surface area contributed by atoms with Gasteiger partial charge in [0.15, 0.2) is 0 Å². The van der Waals surface area contributed by atoms with Crippen LogP contribution in [0, 0.1) is 0 Å². The maximum absolute atomic E-state index is 3.69. The summed E-state index contributed by atoms with van der Waals surface area (Å²) in [5, 5.41) is 5.84. The number of likely N-dealkylation sites (tertiary alicyclic amines) is 1. The Morgan fingerprint density at radius 3 is 2.56 bits per heavy atom. The van der Waals surface area contributed by atoms with Crippen LogP contribution in [0.3, 0.4) is 0 Å². The maximum atomic E-state index is 3.69. The van der Waals surface area contributed by atoms with Crippen molar-refractivity contribution < 1.29 is 0 Å². The maximum Gasteiger partial charge on any atom is 0.0302 e. The van der Waals surface area contributed by atoms with Crippen LogP contribution in [0.15, 0.2) is 15.9 Å². The second kappa shape index (κ2) is 6.04. The number of hydrogen-bond donors (Lipinski definition) is 1. The first-order valence-electron chi connectivity index (χ1n) is 6.66. The Labute approximate surface area is 123 Å². The highest BCUT2D eigenvalue weighted by Crippen LogP contribution is 2.22. The molecule has 0 bridgehead atoms. The number of hydrogen-bond acceptors (Lipinski definition) is 3. The van der Waals surface area contributed by atoms with Crippen molar-refractivity contribution in [2.45, 2.75) is 51.7 Å². The van der Waals surface area contributed by atoms with E-state index >= 15 is 0 Å². The van der Waals surface area contributed by atoms with Crippen LogP contribution in [-0.2, 0) is 6.54 Å². The van der Waals surface area contributed by atoms with Gasteiger partial charge in [0.05, 0.1) is 0 Å². The summed E-state index contributed by atoms with van der Waals surface area (Å²) in [6, 6.07) is 2.89. The van der Waals surface area contributed by atoms with E-state index in [9.17, 15) is 0 Å². The lowest BCUT2D eigenvalue weighted by molar-refractivity contribution is 0.0961. The molecule has 1 fully saturated rings. The van der Waals surface area contributed by atoms with Gasteiger partial charge >= 0.3 is 0 Å². The summed E-state index contributed by atoms with van der Waals surface area (Å²) in [6.45, 7) is 10.4. The van der Waals surface area contributed by atoms with Crippen LogP contribution in [-0.4, -0.2) is 29.6 Å². The fourth-order valence-corrected chi connectivity index (χ4v) is 3.85. The van der Waals surface area contributed by atoms with Crippen molar-refractivity contribution in [2.24, 2.45) is 0 Å². The quantitative estimate of drug-likeness (QED) is 0.905. The molecule has 102 valence electrons. The SMILES string of the molecule is CC(C)(C)N1CCC(NCc2cc(Br)cs2)CC1. The average Bonchev–Trinajstić information content (AvgIpc) is 2.72. The summed E-state index contributed by atoms with van der Waals surface area (Å²) in [6.07, 6.45) is 2.54. The van der Waals surface area contributed by atoms with Gasteiger partial charge in [-0.3, -0.25) is 4.90 Å². The molecule has 18 heavy (non-hydrogen) atoms. The fourth-order valence-electron chi connectivity index (χ4n) is 2.45. The Kier molecular flexibility index (Phi) is 4.86. The summed E-state index contributed by atoms with van der Waals surface area (Å²) < 4.78 is 1.20. The molecule has 0 unspecified atom stereocenters. The van der Waals surface area contributed by atoms with E-state index in [2.05, 4.69) is 58.4 Å². The number of halogens is 1. The normalized spacial score (nSPS) is 19.3. The molecule has 0 aromatic carbocycles. The van der Waals surface area contributed by atoms with Crippen molar-refractivity contribution in [1.29, 1.82) is 0 Å². The average molecular weight is 331 g/mol. The van der Waals surface area contributed by atoms with Gasteiger partial charge in [0.1, 0.15) is 0 Å². The lowest BCUT2D eigenvalue weighted by atomic mass is 9.98. The lowest BCUT2D eigenvalue weighted by Gasteiger charge is -2.41. The van der Waals surface area contributed by atoms with Crippen LogP contribution in [0.4, 0.5) is 0 Å². The summed E-state index contributed by atoms with van der Waals surface area (Å²) in [5.74, 6) is 0. The third kappa shape index (κ3) is 4.05. The number of nitrogens with zero attached hydrogens (tertiary/aromatic N) is 1. The van der Waals surface area contributed by atoms with E-state index in [4.69, 9.17) is 0 Å². The van der Waals surface area contributed by atoms with E-state index in [0.717, 1.165) is 6.54 Å². The van der Waals surface area contributed by atoms with E-state index in [0.29, 0.717) is 11.6 Å². The predicted octanol–water partition coefficient (Wildman–Crippen LogP) is 3.86. The van der Waals surface area contributed by atoms with Crippen LogP contribution >= 0.6 is 27.3 Å². The minimum Gasteiger partial charge on any atom is -0.309 e. The summed E-state index contributed by atoms with van der Waals surface area (Å²) in [7, 11) is 0. The first-order chi connectivity index (χ1) is 8.45. The Bertz CT molecular complexity index is 375. The van der Waals surface area contributed by atoms with Crippen LogP contribution in [0.25, 0.3) is 0 Å². The highest BCUT2D eigenvalue weighted by molar-refractivity contribution is 9.10. The largest absolute Gasteiger partial charge is 0.309 e. The molecule has 0 spiro atoms. The minimum atomic E-state index is 0.323. The monoisotopic (exact) mass is 330 g/mol. The van der Waals surface area contributed by atoms with E-state index in [1.165, 1.54) is 35.3 Å². The molecule has 0 aliphatic carbocycles. The van der Waals surface area contributed by atoms with Gasteiger partial charge in [0, 0.05) is 45.9 Å². The smallest absolute Gasteiger partial charge is 0.0302 e. The molecule has 1 aliphatic heterocycles. The second-order valence-electron chi connectivity index (χ2n) is 6.04. The Balaban J connectivity index is 1.74. The van der Waals surface area contributed by atoms with Crippen molar-refractivity contribution in [3.05, 3.63) is 20.8 Å². The second-order valence-corrected chi connectivity index (χ2v) is 7.96. The van der Waals surface area contributed by atoms with E-state index in [1.807, 2.05) is 11.3 Å². The molecule has 1 N–H and O–H groups in total. The van der Waals surface area contributed by atoms with Crippen molar-refractivity contribution in [2.75, 3.05) is 13.1 Å². The fraction of sp³-hybridized carbons (Fsp3) is 0.714. The van der Waals surface area contributed by atoms with Crippen LogP contribution in [0.2, 0.25) is 0 Å². The molecule has 0 saturated carbocycles. The molecule has 1 saturated heterocycles. The number of piperidine rings is 1. The van der Waals surface area contributed by atoms with Crippen LogP contribution in [0.5, 0.6) is 0 Å². The van der Waals surface area contributed by atoms with Gasteiger partial charge in [-0.15, -0.1) is 11.3 Å². The van der Waals surface area contributed by atoms with Crippen molar-refractivity contribution in [3.63, 3.8) is 0 Å². The summed E-state index contributed by atoms with van der Waals surface area (Å²) in [5.41, 5.74) is 0.323. The first kappa shape index (κ1) is 14.5. The van der Waals surface area contributed by atoms with E-state index < -0.39 is 0 Å². The zero-order chi connectivity index (χ0) is 13.2. The Hall–Kier alpha value is 0.1000. The summed E-state index contributed by atoms with van der Waals surface area (Å²) in [4.78, 5) is 4.01. The van der Waals surface area contributed by atoms with Gasteiger partial charge < -0.3 is 5.32 Å². The number of nitrogens with one attached hydrogen (secondary N) is 1. The third-order valence-corrected chi connectivity index (χ3v) is 5.33. The molecule has 0 amide bonds. The predicted molar refractivity (Wildman–Crippen MR) is 83.2 cm³/mol. The van der Waals surface area contributed by atoms with Crippen LogP contribution in [0.1, 0.15) is 38.5 Å². The zero-order valence-electron chi connectivity index (χ0n) is 11.5. The Morgan fingerprint density at radius 1 is 1.39 bits per heavy atom. The standard InChI is InChI=1S/C14H23BrN2S/c1-14(2,3)17-6-4-12(5-7-17)16-9-13-8-11(15)10-18-13/h8,10,12,16H,4-7,9H2,1-3H3. The molecule has 1 aromatic heterocycles. The van der Waals surface area contributed by atoms with Crippen molar-refractivity contribution in [3.8, 4) is 0 Å². The number of rotatable bonds is 3. The molecule has 2 nitrogen and oxygen atoms in total. The van der Waals surface area contributed by atoms with Crippen molar-refractivity contribution in [1.82, 2.24) is 10.2 Å². The molecule has 4 heteroatoms. The summed E-state index contributed by atoms with van der Waals surface area (Å²) >= 11 is 5.33. The lowest BCUT2D eigenvalue weighted by Crippen LogP contribution is -2.49. The van der Waals surface area contributed by atoms with Gasteiger partial charge in [-0.1, -0.05) is 0 Å². The molecule has 2 heterocycles. The molecule has 1 aromatic rings. The van der Waals surface area contributed by atoms with Gasteiger partial charge in [0.25, 0.3) is 0 Å². The third-order valence-electron chi connectivity index (χ3n) is 3.63. The highest BCUT2D eigenvalue weighted by atomic mass is 79.9. The van der Waals surface area contributed by atoms with Gasteiger partial charge in [-0.25, -0.2) is 0 Å².